The number of piperidine rings is 1. The summed E-state index contributed by atoms with van der Waals surface area (Å²) in [5.41, 5.74) is 2.30. The number of rotatable bonds is 5. The van der Waals surface area contributed by atoms with Crippen LogP contribution in [-0.4, -0.2) is 41.0 Å². The summed E-state index contributed by atoms with van der Waals surface area (Å²) in [6.07, 6.45) is 1.34. The van der Waals surface area contributed by atoms with Crippen molar-refractivity contribution in [2.45, 2.75) is 32.7 Å². The minimum absolute atomic E-state index is 0.0610. The van der Waals surface area contributed by atoms with Crippen LogP contribution in [0.2, 0.25) is 0 Å². The average Bonchev–Trinajstić information content (AvgIpc) is 2.71. The molecule has 1 unspecified atom stereocenters. The van der Waals surface area contributed by atoms with Crippen LogP contribution in [0, 0.1) is 12.8 Å². The molecule has 1 fully saturated rings. The van der Waals surface area contributed by atoms with Gasteiger partial charge in [0, 0.05) is 10.4 Å². The Bertz CT molecular complexity index is 895. The van der Waals surface area contributed by atoms with Crippen molar-refractivity contribution >= 4 is 39.1 Å². The summed E-state index contributed by atoms with van der Waals surface area (Å²) >= 11 is 3.49. The van der Waals surface area contributed by atoms with Crippen LogP contribution < -0.4 is 10.6 Å². The van der Waals surface area contributed by atoms with Crippen LogP contribution in [0.4, 0.5) is 11.4 Å². The van der Waals surface area contributed by atoms with Crippen LogP contribution in [0.5, 0.6) is 5.75 Å². The molecule has 1 aliphatic rings. The van der Waals surface area contributed by atoms with Gasteiger partial charge in [-0.1, -0.05) is 18.2 Å². The lowest BCUT2D eigenvalue weighted by atomic mass is 9.94. The van der Waals surface area contributed by atoms with Gasteiger partial charge in [-0.3, -0.25) is 14.5 Å². The number of amides is 2. The molecule has 0 bridgehead atoms. The largest absolute Gasteiger partial charge is 0.506 e. The first-order valence-electron chi connectivity index (χ1n) is 9.75. The first kappa shape index (κ1) is 21.3. The molecule has 0 spiro atoms. The van der Waals surface area contributed by atoms with Crippen molar-refractivity contribution in [3.05, 3.63) is 52.5 Å². The molecule has 1 heterocycles. The summed E-state index contributed by atoms with van der Waals surface area (Å²) in [6, 6.07) is 12.2. The maximum Gasteiger partial charge on any atom is 0.241 e. The van der Waals surface area contributed by atoms with Gasteiger partial charge in [0.25, 0.3) is 0 Å². The lowest BCUT2D eigenvalue weighted by molar-refractivity contribution is -0.123. The van der Waals surface area contributed by atoms with E-state index in [9.17, 15) is 14.7 Å². The second-order valence-electron chi connectivity index (χ2n) is 7.47. The monoisotopic (exact) mass is 459 g/mol. The Hall–Kier alpha value is -2.38. The summed E-state index contributed by atoms with van der Waals surface area (Å²) in [4.78, 5) is 27.3. The highest BCUT2D eigenvalue weighted by Crippen LogP contribution is 2.26. The van der Waals surface area contributed by atoms with Crippen LogP contribution in [-0.2, 0) is 9.59 Å². The quantitative estimate of drug-likeness (QED) is 0.586. The van der Waals surface area contributed by atoms with Crippen LogP contribution in [0.25, 0.3) is 0 Å². The second kappa shape index (κ2) is 9.41. The van der Waals surface area contributed by atoms with Crippen molar-refractivity contribution in [2.24, 2.45) is 5.92 Å². The number of phenols is 1. The van der Waals surface area contributed by atoms with Crippen molar-refractivity contribution in [3.8, 4) is 5.75 Å². The van der Waals surface area contributed by atoms with Gasteiger partial charge in [-0.25, -0.2) is 0 Å². The Kier molecular flexibility index (Phi) is 6.92. The molecule has 2 aromatic carbocycles. The number of carbonyl (C=O) groups excluding carboxylic acids is 2. The van der Waals surface area contributed by atoms with E-state index in [0.717, 1.165) is 15.7 Å². The molecule has 3 rings (SSSR count). The Balaban J connectivity index is 1.52. The minimum atomic E-state index is -0.287. The average molecular weight is 460 g/mol. The number of carbonyl (C=O) groups is 2. The smallest absolute Gasteiger partial charge is 0.241 e. The number of nitrogens with zero attached hydrogens (tertiary/aromatic N) is 1. The van der Waals surface area contributed by atoms with Crippen LogP contribution in [0.1, 0.15) is 25.3 Å². The molecule has 1 atom stereocenters. The molecule has 1 aliphatic heterocycles. The molecule has 2 amide bonds. The zero-order valence-electron chi connectivity index (χ0n) is 16.6. The van der Waals surface area contributed by atoms with E-state index < -0.39 is 0 Å². The van der Waals surface area contributed by atoms with E-state index in [4.69, 9.17) is 0 Å². The fraction of sp³-hybridized carbons (Fsp3) is 0.364. The molecule has 0 aliphatic carbocycles. The lowest BCUT2D eigenvalue weighted by Crippen LogP contribution is -2.47. The van der Waals surface area contributed by atoms with Crippen LogP contribution >= 0.6 is 15.9 Å². The van der Waals surface area contributed by atoms with E-state index in [2.05, 4.69) is 31.5 Å². The number of hydrogen-bond donors (Lipinski definition) is 3. The van der Waals surface area contributed by atoms with Crippen molar-refractivity contribution in [1.82, 2.24) is 4.90 Å². The molecule has 0 radical (unpaired) electrons. The molecule has 1 saturated heterocycles. The first-order valence-corrected chi connectivity index (χ1v) is 10.5. The third kappa shape index (κ3) is 5.36. The topological polar surface area (TPSA) is 81.7 Å². The Morgan fingerprint density at radius 1 is 1.10 bits per heavy atom. The van der Waals surface area contributed by atoms with Crippen molar-refractivity contribution in [1.29, 1.82) is 0 Å². The summed E-state index contributed by atoms with van der Waals surface area (Å²) in [6.45, 7) is 5.23. The number of nitrogens with one attached hydrogen (secondary N) is 2. The van der Waals surface area contributed by atoms with E-state index in [1.807, 2.05) is 32.0 Å². The fourth-order valence-corrected chi connectivity index (χ4v) is 4.08. The summed E-state index contributed by atoms with van der Waals surface area (Å²) in [7, 11) is 0. The van der Waals surface area contributed by atoms with Gasteiger partial charge in [0.2, 0.25) is 11.8 Å². The van der Waals surface area contributed by atoms with Gasteiger partial charge in [-0.15, -0.1) is 0 Å². The molecule has 2 aromatic rings. The van der Waals surface area contributed by atoms with Crippen molar-refractivity contribution < 1.29 is 14.7 Å². The van der Waals surface area contributed by atoms with Gasteiger partial charge in [-0.2, -0.15) is 0 Å². The lowest BCUT2D eigenvalue weighted by Gasteiger charge is -2.34. The van der Waals surface area contributed by atoms with Gasteiger partial charge in [-0.05, 0) is 85.5 Å². The number of anilines is 2. The SMILES string of the molecule is Cc1ccc(NC(=O)C(C)N2CCC(C(=O)Nc3ccccc3O)CC2)c(Br)c1. The predicted octanol–water partition coefficient (Wildman–Crippen LogP) is 4.14. The van der Waals surface area contributed by atoms with Crippen molar-refractivity contribution in [3.63, 3.8) is 0 Å². The number of para-hydroxylation sites is 2. The van der Waals surface area contributed by atoms with Crippen molar-refractivity contribution in [2.75, 3.05) is 23.7 Å². The molecule has 0 saturated carbocycles. The van der Waals surface area contributed by atoms with E-state index in [-0.39, 0.29) is 29.5 Å². The Labute approximate surface area is 179 Å². The number of aryl methyl sites for hydroxylation is 1. The molecule has 6 nitrogen and oxygen atoms in total. The Morgan fingerprint density at radius 3 is 2.45 bits per heavy atom. The second-order valence-corrected chi connectivity index (χ2v) is 8.32. The summed E-state index contributed by atoms with van der Waals surface area (Å²) < 4.78 is 0.859. The Morgan fingerprint density at radius 2 is 1.79 bits per heavy atom. The molecular formula is C22H26BrN3O3. The third-order valence-electron chi connectivity index (χ3n) is 5.37. The number of hydrogen-bond acceptors (Lipinski definition) is 4. The zero-order valence-corrected chi connectivity index (χ0v) is 18.2. The highest BCUT2D eigenvalue weighted by molar-refractivity contribution is 9.10. The molecule has 0 aromatic heterocycles. The standard InChI is InChI=1S/C22H26BrN3O3/c1-14-7-8-18(17(23)13-14)24-21(28)15(2)26-11-9-16(10-12-26)22(29)25-19-5-3-4-6-20(19)27/h3-8,13,15-16,27H,9-12H2,1-2H3,(H,24,28)(H,25,29). The number of likely N-dealkylation sites (tertiary alicyclic amines) is 1. The van der Waals surface area contributed by atoms with Crippen LogP contribution in [0.15, 0.2) is 46.9 Å². The van der Waals surface area contributed by atoms with E-state index in [1.165, 1.54) is 0 Å². The highest BCUT2D eigenvalue weighted by Gasteiger charge is 2.30. The first-order chi connectivity index (χ1) is 13.8. The minimum Gasteiger partial charge on any atom is -0.506 e. The third-order valence-corrected chi connectivity index (χ3v) is 6.03. The predicted molar refractivity (Wildman–Crippen MR) is 118 cm³/mol. The summed E-state index contributed by atoms with van der Waals surface area (Å²) in [5.74, 6) is -0.225. The number of benzene rings is 2. The molecule has 154 valence electrons. The maximum absolute atomic E-state index is 12.7. The van der Waals surface area contributed by atoms with Gasteiger partial charge in [0.15, 0.2) is 0 Å². The highest BCUT2D eigenvalue weighted by atomic mass is 79.9. The van der Waals surface area contributed by atoms with Gasteiger partial charge < -0.3 is 15.7 Å². The molecule has 29 heavy (non-hydrogen) atoms. The van der Waals surface area contributed by atoms with Crippen LogP contribution in [0.3, 0.4) is 0 Å². The molecule has 7 heteroatoms. The van der Waals surface area contributed by atoms with E-state index in [0.29, 0.717) is 31.6 Å². The fourth-order valence-electron chi connectivity index (χ4n) is 3.49. The molecule has 3 N–H and O–H groups in total. The molecular weight excluding hydrogens is 434 g/mol. The summed E-state index contributed by atoms with van der Waals surface area (Å²) in [5, 5.41) is 15.6. The zero-order chi connectivity index (χ0) is 21.0. The van der Waals surface area contributed by atoms with E-state index >= 15 is 0 Å². The van der Waals surface area contributed by atoms with Gasteiger partial charge >= 0.3 is 0 Å². The van der Waals surface area contributed by atoms with E-state index in [1.54, 1.807) is 24.3 Å². The number of aromatic hydroxyl groups is 1. The normalized spacial score (nSPS) is 16.2. The number of phenolic OH excluding ortho intramolecular Hbond substituents is 1. The number of halogens is 1. The van der Waals surface area contributed by atoms with Gasteiger partial charge in [0.1, 0.15) is 5.75 Å². The van der Waals surface area contributed by atoms with Gasteiger partial charge in [0.05, 0.1) is 17.4 Å². The maximum atomic E-state index is 12.7.